The molecule has 13 nitrogen and oxygen atoms in total. The van der Waals surface area contributed by atoms with Crippen LogP contribution in [0.3, 0.4) is 0 Å². The molecule has 67 heavy (non-hydrogen) atoms. The topological polar surface area (TPSA) is 165 Å². The van der Waals surface area contributed by atoms with Crippen LogP contribution < -0.4 is 10.1 Å². The number of hydrogen-bond acceptors (Lipinski definition) is 12. The minimum absolute atomic E-state index is 0.0306. The molecule has 1 fully saturated rings. The smallest absolute Gasteiger partial charge is 0.344 e. The fourth-order valence-corrected chi connectivity index (χ4v) is 8.29. The third kappa shape index (κ3) is 22.5. The molecule has 2 rings (SSSR count). The number of carbonyl (C=O) groups is 4. The van der Waals surface area contributed by atoms with Crippen LogP contribution in [-0.4, -0.2) is 98.9 Å². The fourth-order valence-electron chi connectivity index (χ4n) is 7.25. The Morgan fingerprint density at radius 3 is 1.99 bits per heavy atom. The maximum absolute atomic E-state index is 14.8. The van der Waals surface area contributed by atoms with Gasteiger partial charge in [0.15, 0.2) is 26.3 Å². The number of aliphatic hydroxyl groups is 1. The number of amides is 1. The largest absolute Gasteiger partial charge is 0.481 e. The van der Waals surface area contributed by atoms with Gasteiger partial charge < -0.3 is 43.3 Å². The van der Waals surface area contributed by atoms with Crippen LogP contribution in [0.2, 0.25) is 18.1 Å². The molecular weight excluding hydrogens is 871 g/mol. The van der Waals surface area contributed by atoms with E-state index in [0.29, 0.717) is 30.9 Å². The van der Waals surface area contributed by atoms with E-state index in [1.807, 2.05) is 0 Å². The monoisotopic (exact) mass is 958 g/mol. The zero-order valence-electron chi connectivity index (χ0n) is 43.5. The van der Waals surface area contributed by atoms with Crippen molar-refractivity contribution in [1.29, 1.82) is 0 Å². The number of carbonyl (C=O) groups excluding carboxylic acids is 4. The van der Waals surface area contributed by atoms with E-state index in [1.54, 1.807) is 78.8 Å². The number of ether oxygens (including phenoxy) is 6. The van der Waals surface area contributed by atoms with Crippen LogP contribution in [-0.2, 0) is 53.7 Å². The molecule has 1 aliphatic rings. The van der Waals surface area contributed by atoms with Crippen LogP contribution in [0, 0.1) is 17.8 Å². The molecule has 0 aliphatic carbocycles. The molecule has 0 radical (unpaired) electrons. The molecule has 0 saturated carbocycles. The Hall–Kier alpha value is -3.74. The Labute approximate surface area is 404 Å². The normalized spacial score (nSPS) is 16.0. The van der Waals surface area contributed by atoms with Gasteiger partial charge in [0.05, 0.1) is 19.1 Å². The summed E-state index contributed by atoms with van der Waals surface area (Å²) in [6.45, 7) is 25.2. The highest BCUT2D eigenvalue weighted by Crippen LogP contribution is 2.38. The van der Waals surface area contributed by atoms with E-state index in [-0.39, 0.29) is 31.1 Å². The Morgan fingerprint density at radius 2 is 1.43 bits per heavy atom. The van der Waals surface area contributed by atoms with E-state index < -0.39 is 73.3 Å². The number of rotatable bonds is 29. The maximum atomic E-state index is 14.8. The Balaban J connectivity index is 2.45. The van der Waals surface area contributed by atoms with E-state index in [9.17, 15) is 24.3 Å². The van der Waals surface area contributed by atoms with Gasteiger partial charge in [-0.05, 0) is 110 Å². The van der Waals surface area contributed by atoms with Gasteiger partial charge in [-0.25, -0.2) is 14.4 Å². The van der Waals surface area contributed by atoms with Gasteiger partial charge in [-0.3, -0.25) is 4.79 Å². The molecule has 0 unspecified atom stereocenters. The Kier molecular flexibility index (Phi) is 24.9. The lowest BCUT2D eigenvalue weighted by atomic mass is 9.82. The summed E-state index contributed by atoms with van der Waals surface area (Å²) in [5, 5.41) is 15.3. The van der Waals surface area contributed by atoms with Crippen molar-refractivity contribution >= 4 is 32.1 Å². The summed E-state index contributed by atoms with van der Waals surface area (Å²) in [5.74, 6) is 0.694. The molecular formula is C53H87NO12Si. The molecule has 3 atom stereocenters. The van der Waals surface area contributed by atoms with Gasteiger partial charge in [-0.15, -0.1) is 5.92 Å². The zero-order valence-corrected chi connectivity index (χ0v) is 44.5. The Morgan fingerprint density at radius 1 is 0.851 bits per heavy atom. The standard InChI is InChI=1S/C53H87NO12Si/c1-14-16-18-22-25-32-52(62-37-38-63-52)33-26-23-20-19-21-24-27-43(53(59,48(58)66-50(6,7)8)34-36-64-67(12,13)51(9,10)11)46(56)54-44(47(57)61-40-45(55)65-49(3,4)5)39-41-28-30-42(31-29-41)60-35-17-15-2/h24,27-31,43-44,59H,14,16,18-23,25-26,32-40H2,1-13H3,(H,54,56)/t43-,44+,53+/m1/s1. The first-order chi connectivity index (χ1) is 31.3. The lowest BCUT2D eigenvalue weighted by Gasteiger charge is -2.38. The number of esters is 3. The van der Waals surface area contributed by atoms with E-state index in [2.05, 4.69) is 57.9 Å². The first-order valence-corrected chi connectivity index (χ1v) is 27.5. The van der Waals surface area contributed by atoms with Crippen molar-refractivity contribution in [1.82, 2.24) is 5.32 Å². The molecule has 1 aromatic rings. The number of hydrogen-bond donors (Lipinski definition) is 2. The van der Waals surface area contributed by atoms with Gasteiger partial charge in [0, 0.05) is 32.3 Å². The molecule has 14 heteroatoms. The van der Waals surface area contributed by atoms with E-state index in [1.165, 1.54) is 31.8 Å². The summed E-state index contributed by atoms with van der Waals surface area (Å²) in [4.78, 5) is 55.5. The van der Waals surface area contributed by atoms with Crippen molar-refractivity contribution < 1.29 is 57.1 Å². The molecule has 0 spiro atoms. The zero-order chi connectivity index (χ0) is 50.4. The van der Waals surface area contributed by atoms with E-state index in [0.717, 1.165) is 44.9 Å². The molecule has 0 aromatic heterocycles. The van der Waals surface area contributed by atoms with Crippen molar-refractivity contribution in [3.63, 3.8) is 0 Å². The van der Waals surface area contributed by atoms with Gasteiger partial charge in [0.25, 0.3) is 0 Å². The highest BCUT2D eigenvalue weighted by molar-refractivity contribution is 6.74. The second-order valence-corrected chi connectivity index (χ2v) is 26.0. The first-order valence-electron chi connectivity index (χ1n) is 24.6. The third-order valence-corrected chi connectivity index (χ3v) is 16.5. The predicted octanol–water partition coefficient (Wildman–Crippen LogP) is 10.1. The average Bonchev–Trinajstić information content (AvgIpc) is 3.69. The van der Waals surface area contributed by atoms with Gasteiger partial charge >= 0.3 is 17.9 Å². The van der Waals surface area contributed by atoms with E-state index >= 15 is 0 Å². The van der Waals surface area contributed by atoms with Crippen LogP contribution in [0.15, 0.2) is 36.4 Å². The molecule has 0 bridgehead atoms. The number of unbranched alkanes of at least 4 members (excludes halogenated alkanes) is 8. The number of benzene rings is 1. The second kappa shape index (κ2) is 28.1. The van der Waals surface area contributed by atoms with Crippen LogP contribution in [0.25, 0.3) is 0 Å². The summed E-state index contributed by atoms with van der Waals surface area (Å²) >= 11 is 0. The lowest BCUT2D eigenvalue weighted by Crippen LogP contribution is -2.57. The molecule has 1 aromatic carbocycles. The van der Waals surface area contributed by atoms with Gasteiger partial charge in [0.1, 0.15) is 29.6 Å². The fraction of sp³-hybridized carbons (Fsp3) is 0.736. The molecule has 380 valence electrons. The first kappa shape index (κ1) is 59.4. The SMILES string of the molecule is CC#CCOc1ccc(C[C@H](NC(=O)[C@@H](C=CCCCCCCC2(CCCCCCC)OCCO2)[C@@](O)(CCO[Si](C)(C)C(C)(C)C)C(=O)OC(C)(C)C)C(=O)OCC(=O)OC(C)(C)C)cc1. The minimum Gasteiger partial charge on any atom is -0.481 e. The number of allylic oxidation sites excluding steroid dienone is 1. The lowest BCUT2D eigenvalue weighted by molar-refractivity contribution is -0.185. The van der Waals surface area contributed by atoms with Crippen molar-refractivity contribution in [3.05, 3.63) is 42.0 Å². The van der Waals surface area contributed by atoms with Gasteiger partial charge in [-0.1, -0.05) is 96.4 Å². The summed E-state index contributed by atoms with van der Waals surface area (Å²) in [5.41, 5.74) is -3.60. The average molecular weight is 958 g/mol. The molecule has 1 saturated heterocycles. The highest BCUT2D eigenvalue weighted by atomic mass is 28.4. The molecule has 1 aliphatic heterocycles. The Bertz CT molecular complexity index is 1760. The van der Waals surface area contributed by atoms with E-state index in [4.69, 9.17) is 32.8 Å². The minimum atomic E-state index is -2.41. The van der Waals surface area contributed by atoms with Gasteiger partial charge in [-0.2, -0.15) is 0 Å². The predicted molar refractivity (Wildman–Crippen MR) is 265 cm³/mol. The summed E-state index contributed by atoms with van der Waals surface area (Å²) < 4.78 is 41.0. The molecule has 1 heterocycles. The summed E-state index contributed by atoms with van der Waals surface area (Å²) in [6, 6.07) is 5.57. The van der Waals surface area contributed by atoms with Crippen molar-refractivity contribution in [2.24, 2.45) is 5.92 Å². The highest BCUT2D eigenvalue weighted by Gasteiger charge is 2.50. The van der Waals surface area contributed by atoms with Gasteiger partial charge in [0.2, 0.25) is 5.91 Å². The van der Waals surface area contributed by atoms with Crippen LogP contribution in [0.1, 0.15) is 165 Å². The summed E-state index contributed by atoms with van der Waals surface area (Å²) in [7, 11) is -2.37. The van der Waals surface area contributed by atoms with Crippen LogP contribution in [0.5, 0.6) is 5.75 Å². The van der Waals surface area contributed by atoms with Crippen molar-refractivity contribution in [3.8, 4) is 17.6 Å². The second-order valence-electron chi connectivity index (χ2n) is 21.2. The third-order valence-electron chi connectivity index (χ3n) is 12.0. The van der Waals surface area contributed by atoms with Crippen molar-refractivity contribution in [2.45, 2.75) is 213 Å². The molecule has 1 amide bonds. The maximum Gasteiger partial charge on any atom is 0.344 e. The quantitative estimate of drug-likeness (QED) is 0.0195. The summed E-state index contributed by atoms with van der Waals surface area (Å²) in [6.07, 6.45) is 14.9. The van der Waals surface area contributed by atoms with Crippen molar-refractivity contribution in [2.75, 3.05) is 33.0 Å². The van der Waals surface area contributed by atoms with Crippen LogP contribution in [0.4, 0.5) is 0 Å². The van der Waals surface area contributed by atoms with Crippen LogP contribution >= 0.6 is 0 Å². The number of nitrogens with one attached hydrogen (secondary N) is 1. The molecule has 2 N–H and O–H groups in total.